The highest BCUT2D eigenvalue weighted by Gasteiger charge is 2.43. The molecular weight excluding hydrogens is 252 g/mol. The highest BCUT2D eigenvalue weighted by atomic mass is 16.8. The van der Waals surface area contributed by atoms with Gasteiger partial charge in [0.25, 0.3) is 0 Å². The van der Waals surface area contributed by atoms with E-state index in [1.165, 1.54) is 0 Å². The summed E-state index contributed by atoms with van der Waals surface area (Å²) in [6.07, 6.45) is -2.74. The molecule has 0 aromatic heterocycles. The summed E-state index contributed by atoms with van der Waals surface area (Å²) >= 11 is 0. The molecular formula is C13H14O6. The molecule has 1 aromatic carbocycles. The van der Waals surface area contributed by atoms with Crippen LogP contribution in [0.4, 0.5) is 4.79 Å². The van der Waals surface area contributed by atoms with Gasteiger partial charge >= 0.3 is 12.1 Å². The first-order valence-electron chi connectivity index (χ1n) is 5.83. The third-order valence-corrected chi connectivity index (χ3v) is 2.68. The molecule has 0 saturated carbocycles. The zero-order valence-electron chi connectivity index (χ0n) is 10.6. The van der Waals surface area contributed by atoms with Crippen LogP contribution < -0.4 is 4.74 Å². The monoisotopic (exact) mass is 266 g/mol. The summed E-state index contributed by atoms with van der Waals surface area (Å²) < 4.78 is 19.7. The molecule has 0 N–H and O–H groups in total. The van der Waals surface area contributed by atoms with E-state index in [1.54, 1.807) is 38.3 Å². The standard InChI is InChI=1S/C13H14O6/c1-3-17-12(14)11-10(18-13(15)19-11)8-4-6-9(16-2)7-5-8/h4-7,10-11H,3H2,1-2H3/t10-,11+/m0/s1. The topological polar surface area (TPSA) is 71.1 Å². The van der Waals surface area contributed by atoms with Crippen molar-refractivity contribution < 1.29 is 28.5 Å². The maximum atomic E-state index is 11.7. The number of hydrogen-bond acceptors (Lipinski definition) is 6. The number of cyclic esters (lactones) is 2. The Bertz CT molecular complexity index is 467. The van der Waals surface area contributed by atoms with E-state index in [2.05, 4.69) is 0 Å². The minimum Gasteiger partial charge on any atom is -0.497 e. The molecule has 1 aliphatic rings. The van der Waals surface area contributed by atoms with Crippen LogP contribution in [0, 0.1) is 0 Å². The summed E-state index contributed by atoms with van der Waals surface area (Å²) in [5, 5.41) is 0. The lowest BCUT2D eigenvalue weighted by Crippen LogP contribution is -2.28. The van der Waals surface area contributed by atoms with Crippen LogP contribution in [-0.2, 0) is 19.0 Å². The fourth-order valence-corrected chi connectivity index (χ4v) is 1.79. The third-order valence-electron chi connectivity index (χ3n) is 2.68. The Hall–Kier alpha value is -2.24. The smallest absolute Gasteiger partial charge is 0.497 e. The molecule has 0 spiro atoms. The van der Waals surface area contributed by atoms with Gasteiger partial charge in [0.15, 0.2) is 6.10 Å². The number of benzene rings is 1. The average Bonchev–Trinajstić information content (AvgIpc) is 2.81. The lowest BCUT2D eigenvalue weighted by Gasteiger charge is -2.14. The highest BCUT2D eigenvalue weighted by Crippen LogP contribution is 2.31. The van der Waals surface area contributed by atoms with E-state index in [9.17, 15) is 9.59 Å². The van der Waals surface area contributed by atoms with Crippen molar-refractivity contribution in [3.05, 3.63) is 29.8 Å². The molecule has 19 heavy (non-hydrogen) atoms. The van der Waals surface area contributed by atoms with Crippen molar-refractivity contribution >= 4 is 12.1 Å². The molecule has 1 heterocycles. The van der Waals surface area contributed by atoms with E-state index in [4.69, 9.17) is 18.9 Å². The fraction of sp³-hybridized carbons (Fsp3) is 0.385. The molecule has 0 unspecified atom stereocenters. The van der Waals surface area contributed by atoms with E-state index in [1.807, 2.05) is 0 Å². The van der Waals surface area contributed by atoms with Crippen LogP contribution in [-0.4, -0.2) is 31.9 Å². The van der Waals surface area contributed by atoms with Crippen molar-refractivity contribution in [3.8, 4) is 5.75 Å². The second-order valence-corrected chi connectivity index (χ2v) is 3.85. The van der Waals surface area contributed by atoms with Crippen molar-refractivity contribution in [1.29, 1.82) is 0 Å². The van der Waals surface area contributed by atoms with Gasteiger partial charge in [-0.1, -0.05) is 12.1 Å². The minimum absolute atomic E-state index is 0.211. The van der Waals surface area contributed by atoms with Gasteiger partial charge in [0.2, 0.25) is 6.10 Å². The van der Waals surface area contributed by atoms with Crippen LogP contribution in [0.5, 0.6) is 5.75 Å². The molecule has 0 bridgehead atoms. The number of rotatable bonds is 4. The summed E-state index contributed by atoms with van der Waals surface area (Å²) in [5.41, 5.74) is 0.643. The Morgan fingerprint density at radius 3 is 2.53 bits per heavy atom. The second-order valence-electron chi connectivity index (χ2n) is 3.85. The Morgan fingerprint density at radius 1 is 1.26 bits per heavy atom. The van der Waals surface area contributed by atoms with Crippen LogP contribution in [0.1, 0.15) is 18.6 Å². The molecule has 102 valence electrons. The fourth-order valence-electron chi connectivity index (χ4n) is 1.79. The Balaban J connectivity index is 2.19. The predicted octanol–water partition coefficient (Wildman–Crippen LogP) is 1.83. The number of carbonyl (C=O) groups excluding carboxylic acids is 2. The van der Waals surface area contributed by atoms with E-state index in [-0.39, 0.29) is 6.61 Å². The summed E-state index contributed by atoms with van der Waals surface area (Å²) in [6.45, 7) is 1.89. The molecule has 0 amide bonds. The SMILES string of the molecule is CCOC(=O)[C@@H]1OC(=O)O[C@H]1c1ccc(OC)cc1. The minimum atomic E-state index is -1.07. The summed E-state index contributed by atoms with van der Waals surface area (Å²) in [7, 11) is 1.55. The van der Waals surface area contributed by atoms with Gasteiger partial charge in [0.05, 0.1) is 13.7 Å². The quantitative estimate of drug-likeness (QED) is 0.774. The lowest BCUT2D eigenvalue weighted by atomic mass is 10.0. The zero-order chi connectivity index (χ0) is 13.8. The molecule has 2 rings (SSSR count). The van der Waals surface area contributed by atoms with Crippen LogP contribution in [0.3, 0.4) is 0 Å². The van der Waals surface area contributed by atoms with Gasteiger partial charge in [-0.05, 0) is 24.6 Å². The lowest BCUT2D eigenvalue weighted by molar-refractivity contribution is -0.153. The first kappa shape index (κ1) is 13.2. The Kier molecular flexibility index (Phi) is 3.89. The number of methoxy groups -OCH3 is 1. The molecule has 1 fully saturated rings. The van der Waals surface area contributed by atoms with Gasteiger partial charge in [-0.2, -0.15) is 0 Å². The summed E-state index contributed by atoms with van der Waals surface area (Å²) in [5.74, 6) is 0.0517. The molecule has 6 nitrogen and oxygen atoms in total. The van der Waals surface area contributed by atoms with E-state index in [0.29, 0.717) is 11.3 Å². The van der Waals surface area contributed by atoms with E-state index in [0.717, 1.165) is 0 Å². The van der Waals surface area contributed by atoms with Crippen LogP contribution in [0.25, 0.3) is 0 Å². The van der Waals surface area contributed by atoms with Crippen LogP contribution >= 0.6 is 0 Å². The molecule has 1 aliphatic heterocycles. The van der Waals surface area contributed by atoms with Crippen LogP contribution in [0.2, 0.25) is 0 Å². The van der Waals surface area contributed by atoms with Gasteiger partial charge < -0.3 is 18.9 Å². The molecule has 0 radical (unpaired) electrons. The van der Waals surface area contributed by atoms with Gasteiger partial charge in [-0.15, -0.1) is 0 Å². The molecule has 1 saturated heterocycles. The molecule has 1 aromatic rings. The van der Waals surface area contributed by atoms with Crippen molar-refractivity contribution in [1.82, 2.24) is 0 Å². The number of esters is 1. The highest BCUT2D eigenvalue weighted by molar-refractivity contribution is 5.81. The van der Waals surface area contributed by atoms with Gasteiger partial charge in [-0.3, -0.25) is 0 Å². The normalized spacial score (nSPS) is 21.5. The number of hydrogen-bond donors (Lipinski definition) is 0. The molecule has 2 atom stereocenters. The van der Waals surface area contributed by atoms with Crippen LogP contribution in [0.15, 0.2) is 24.3 Å². The molecule has 0 aliphatic carbocycles. The van der Waals surface area contributed by atoms with Gasteiger partial charge in [0.1, 0.15) is 5.75 Å². The van der Waals surface area contributed by atoms with Crippen molar-refractivity contribution in [2.24, 2.45) is 0 Å². The maximum absolute atomic E-state index is 11.7. The number of ether oxygens (including phenoxy) is 4. The van der Waals surface area contributed by atoms with Crippen molar-refractivity contribution in [2.75, 3.05) is 13.7 Å². The summed E-state index contributed by atoms with van der Waals surface area (Å²) in [4.78, 5) is 22.9. The third kappa shape index (κ3) is 2.78. The van der Waals surface area contributed by atoms with E-state index < -0.39 is 24.3 Å². The van der Waals surface area contributed by atoms with E-state index >= 15 is 0 Å². The first-order chi connectivity index (χ1) is 9.15. The largest absolute Gasteiger partial charge is 0.510 e. The maximum Gasteiger partial charge on any atom is 0.510 e. The Morgan fingerprint density at radius 2 is 1.95 bits per heavy atom. The second kappa shape index (κ2) is 5.60. The zero-order valence-corrected chi connectivity index (χ0v) is 10.6. The van der Waals surface area contributed by atoms with Crippen molar-refractivity contribution in [3.63, 3.8) is 0 Å². The summed E-state index contributed by atoms with van der Waals surface area (Å²) in [6, 6.07) is 6.84. The molecule has 6 heteroatoms. The average molecular weight is 266 g/mol. The van der Waals surface area contributed by atoms with Gasteiger partial charge in [-0.25, -0.2) is 9.59 Å². The van der Waals surface area contributed by atoms with Crippen molar-refractivity contribution in [2.45, 2.75) is 19.1 Å². The predicted molar refractivity (Wildman–Crippen MR) is 63.7 cm³/mol. The first-order valence-corrected chi connectivity index (χ1v) is 5.83. The Labute approximate surface area is 110 Å². The van der Waals surface area contributed by atoms with Gasteiger partial charge in [0, 0.05) is 0 Å². The number of carbonyl (C=O) groups is 2.